The molecule has 44 heavy (non-hydrogen) atoms. The van der Waals surface area contributed by atoms with Crippen LogP contribution in [0, 0.1) is 45.2 Å². The van der Waals surface area contributed by atoms with Crippen molar-refractivity contribution in [1.29, 1.82) is 0 Å². The fourth-order valence-electron chi connectivity index (χ4n) is 4.87. The van der Waals surface area contributed by atoms with Crippen LogP contribution in [0.25, 0.3) is 54.7 Å². The van der Waals surface area contributed by atoms with E-state index in [4.69, 9.17) is 11.3 Å². The molecule has 0 saturated heterocycles. The van der Waals surface area contributed by atoms with Gasteiger partial charge in [-0.2, -0.15) is 11.3 Å². The van der Waals surface area contributed by atoms with Crippen LogP contribution in [0.3, 0.4) is 0 Å². The van der Waals surface area contributed by atoms with Gasteiger partial charge < -0.3 is 14.4 Å². The van der Waals surface area contributed by atoms with Gasteiger partial charge in [-0.05, 0) is 78.3 Å². The maximum Gasteiger partial charge on any atom is 0.216 e. The van der Waals surface area contributed by atoms with Crippen molar-refractivity contribution in [2.75, 3.05) is 0 Å². The molecule has 0 unspecified atom stereocenters. The van der Waals surface area contributed by atoms with Crippen molar-refractivity contribution in [3.8, 4) is 22.5 Å². The Labute approximate surface area is 284 Å². The molecule has 0 spiro atoms. The predicted octanol–water partition coefficient (Wildman–Crippen LogP) is 10.4. The zero-order valence-electron chi connectivity index (χ0n) is 30.4. The summed E-state index contributed by atoms with van der Waals surface area (Å²) in [5.74, 6) is 0. The summed E-state index contributed by atoms with van der Waals surface area (Å²) in [7, 11) is 0. The summed E-state index contributed by atoms with van der Waals surface area (Å²) in [5, 5.41) is 4.19. The quantitative estimate of drug-likeness (QED) is 0.168. The first-order valence-corrected chi connectivity index (χ1v) is 15.0. The molecule has 0 amide bonds. The van der Waals surface area contributed by atoms with Gasteiger partial charge in [-0.1, -0.05) is 50.3 Å². The molecular formula is C38H35IrN3OS-2. The van der Waals surface area contributed by atoms with Crippen molar-refractivity contribution >= 4 is 43.5 Å². The van der Waals surface area contributed by atoms with Gasteiger partial charge >= 0.3 is 0 Å². The van der Waals surface area contributed by atoms with Crippen molar-refractivity contribution in [3.63, 3.8) is 0 Å². The van der Waals surface area contributed by atoms with Gasteiger partial charge in [0.15, 0.2) is 0 Å². The minimum Gasteiger partial charge on any atom is -0.486 e. The van der Waals surface area contributed by atoms with Crippen LogP contribution >= 0.6 is 11.3 Å². The zero-order chi connectivity index (χ0) is 34.6. The van der Waals surface area contributed by atoms with E-state index >= 15 is 0 Å². The average molecular weight is 779 g/mol. The summed E-state index contributed by atoms with van der Waals surface area (Å²) in [6.07, 6.45) is 2.06. The molecule has 0 bridgehead atoms. The summed E-state index contributed by atoms with van der Waals surface area (Å²) in [6.45, 7) is 9.59. The summed E-state index contributed by atoms with van der Waals surface area (Å²) in [4.78, 5) is 13.2. The SMILES string of the molecule is Cc1c[c-]c(-c2cc(C)c(C)cn2)cc1.[2H]C([2H])([2H])c1ccc2c(n1)oc1c(-c3nccc4c(C([2H])([2H])C(C)(C)C)csc34)[c-]ccc12.[Ir]. The first-order chi connectivity index (χ1) is 22.6. The van der Waals surface area contributed by atoms with Gasteiger partial charge in [-0.25, -0.2) is 4.98 Å². The van der Waals surface area contributed by atoms with E-state index in [0.29, 0.717) is 22.4 Å². The number of pyridine rings is 3. The Balaban J connectivity index is 0.000000246. The van der Waals surface area contributed by atoms with E-state index in [2.05, 4.69) is 66.1 Å². The largest absolute Gasteiger partial charge is 0.486 e. The molecular weight excluding hydrogens is 739 g/mol. The van der Waals surface area contributed by atoms with Crippen LogP contribution in [0.2, 0.25) is 0 Å². The molecule has 4 nitrogen and oxygen atoms in total. The van der Waals surface area contributed by atoms with Gasteiger partial charge in [-0.15, -0.1) is 53.6 Å². The number of aryl methyl sites for hydroxylation is 4. The van der Waals surface area contributed by atoms with Crippen LogP contribution in [0.1, 0.15) is 55.6 Å². The van der Waals surface area contributed by atoms with Crippen LogP contribution in [0.15, 0.2) is 76.8 Å². The Bertz CT molecular complexity index is 2290. The fraction of sp³-hybridized carbons (Fsp3) is 0.237. The number of nitrogens with zero attached hydrogens (tertiary/aromatic N) is 3. The molecule has 0 fully saturated rings. The summed E-state index contributed by atoms with van der Waals surface area (Å²) >= 11 is 1.45. The third-order valence-electron chi connectivity index (χ3n) is 7.15. The Kier molecular flexibility index (Phi) is 7.41. The second kappa shape index (κ2) is 12.7. The van der Waals surface area contributed by atoms with Crippen LogP contribution in [-0.4, -0.2) is 15.0 Å². The van der Waals surface area contributed by atoms with E-state index in [1.165, 1.54) is 34.1 Å². The topological polar surface area (TPSA) is 51.8 Å². The van der Waals surface area contributed by atoms with Crippen molar-refractivity contribution in [2.45, 2.75) is 54.8 Å². The molecule has 0 aliphatic carbocycles. The molecule has 6 heteroatoms. The Morgan fingerprint density at radius 1 is 0.955 bits per heavy atom. The normalized spacial score (nSPS) is 13.7. The summed E-state index contributed by atoms with van der Waals surface area (Å²) < 4.78 is 47.3. The second-order valence-corrected chi connectivity index (χ2v) is 12.6. The number of aromatic nitrogens is 3. The smallest absolute Gasteiger partial charge is 0.216 e. The standard InChI is InChI=1S/C24H21N2OS.C14H14N.Ir/c1-14-8-9-18-17-6-5-7-19(21(17)27-23(18)26-14)20-22-16(10-11-25-20)15(13-28-22)12-24(2,3)4;1-10-4-6-13(7-5-10)14-8-11(2)12(3)9-15-14;/h5-6,8-11,13H,12H2,1-4H3;4-6,8-9H,1-3H3;/q2*-1;/i1D3,12D2;;. The molecule has 5 heterocycles. The number of thiophene rings is 1. The second-order valence-electron chi connectivity index (χ2n) is 11.7. The van der Waals surface area contributed by atoms with Crippen molar-refractivity contribution in [2.24, 2.45) is 5.41 Å². The predicted molar refractivity (Wildman–Crippen MR) is 180 cm³/mol. The zero-order valence-corrected chi connectivity index (χ0v) is 28.6. The van der Waals surface area contributed by atoms with Gasteiger partial charge in [0.2, 0.25) is 5.71 Å². The van der Waals surface area contributed by atoms with Crippen molar-refractivity contribution in [3.05, 3.63) is 112 Å². The molecule has 1 radical (unpaired) electrons. The van der Waals surface area contributed by atoms with Crippen LogP contribution in [0.5, 0.6) is 0 Å². The molecule has 0 saturated carbocycles. The molecule has 225 valence electrons. The number of hydrogen-bond acceptors (Lipinski definition) is 5. The van der Waals surface area contributed by atoms with E-state index in [-0.39, 0.29) is 31.5 Å². The summed E-state index contributed by atoms with van der Waals surface area (Å²) in [5.41, 5.74) is 7.88. The van der Waals surface area contributed by atoms with Gasteiger partial charge in [-0.3, -0.25) is 0 Å². The van der Waals surface area contributed by atoms with E-state index < -0.39 is 18.6 Å². The number of furan rings is 1. The molecule has 0 aliphatic rings. The molecule has 2 aromatic carbocycles. The molecule has 0 N–H and O–H groups in total. The van der Waals surface area contributed by atoms with Gasteiger partial charge in [0.05, 0.1) is 5.58 Å². The number of benzene rings is 2. The average Bonchev–Trinajstić information content (AvgIpc) is 3.64. The van der Waals surface area contributed by atoms with Crippen LogP contribution in [-0.2, 0) is 26.5 Å². The van der Waals surface area contributed by atoms with E-state index in [0.717, 1.165) is 32.1 Å². The third-order valence-corrected chi connectivity index (χ3v) is 8.15. The molecule has 0 atom stereocenters. The maximum atomic E-state index is 8.74. The minimum atomic E-state index is -2.32. The van der Waals surface area contributed by atoms with Gasteiger partial charge in [0.1, 0.15) is 0 Å². The first kappa shape index (κ1) is 25.6. The minimum absolute atomic E-state index is 0. The van der Waals surface area contributed by atoms with Crippen molar-refractivity contribution < 1.29 is 31.4 Å². The van der Waals surface area contributed by atoms with E-state index in [9.17, 15) is 0 Å². The third kappa shape index (κ3) is 6.53. The molecule has 7 rings (SSSR count). The van der Waals surface area contributed by atoms with Crippen LogP contribution < -0.4 is 0 Å². The number of hydrogen-bond donors (Lipinski definition) is 0. The number of rotatable bonds is 3. The van der Waals surface area contributed by atoms with E-state index in [1.807, 2.05) is 50.5 Å². The first-order valence-electron chi connectivity index (χ1n) is 16.6. The monoisotopic (exact) mass is 779 g/mol. The fourth-order valence-corrected chi connectivity index (χ4v) is 5.86. The number of fused-ring (bicyclic) bond motifs is 4. The Hall–Kier alpha value is -3.70. The van der Waals surface area contributed by atoms with Crippen LogP contribution in [0.4, 0.5) is 0 Å². The van der Waals surface area contributed by atoms with Gasteiger partial charge in [0.25, 0.3) is 0 Å². The Morgan fingerprint density at radius 2 is 1.80 bits per heavy atom. The van der Waals surface area contributed by atoms with E-state index in [1.54, 1.807) is 18.3 Å². The Morgan fingerprint density at radius 3 is 2.52 bits per heavy atom. The maximum absolute atomic E-state index is 8.74. The van der Waals surface area contributed by atoms with Gasteiger partial charge in [0, 0.05) is 60.8 Å². The molecule has 0 aliphatic heterocycles. The molecule has 5 aromatic heterocycles. The molecule has 7 aromatic rings. The summed E-state index contributed by atoms with van der Waals surface area (Å²) in [6, 6.07) is 23.4. The van der Waals surface area contributed by atoms with Crippen molar-refractivity contribution in [1.82, 2.24) is 15.0 Å².